The van der Waals surface area contributed by atoms with Crippen molar-refractivity contribution in [2.24, 2.45) is 0 Å². The van der Waals surface area contributed by atoms with E-state index in [0.717, 1.165) is 78.4 Å². The lowest BCUT2D eigenvalue weighted by Gasteiger charge is -2.21. The third-order valence-electron chi connectivity index (χ3n) is 9.05. The average Bonchev–Trinajstić information content (AvgIpc) is 3.20. The van der Waals surface area contributed by atoms with Gasteiger partial charge < -0.3 is 10.6 Å². The number of hydrogen-bond donors (Lipinski definition) is 2. The molecule has 50 heavy (non-hydrogen) atoms. The molecule has 0 bridgehead atoms. The zero-order valence-corrected chi connectivity index (χ0v) is 27.6. The van der Waals surface area contributed by atoms with Crippen LogP contribution in [0.15, 0.2) is 206 Å². The molecule has 0 saturated carbocycles. The summed E-state index contributed by atoms with van der Waals surface area (Å²) in [6.45, 7) is 0. The summed E-state index contributed by atoms with van der Waals surface area (Å²) in [6.07, 6.45) is 0. The van der Waals surface area contributed by atoms with Crippen molar-refractivity contribution in [2.45, 2.75) is 0 Å². The van der Waals surface area contributed by atoms with Crippen molar-refractivity contribution in [1.29, 1.82) is 0 Å². The topological polar surface area (TPSA) is 24.1 Å². The molecule has 0 amide bonds. The lowest BCUT2D eigenvalue weighted by molar-refractivity contribution is 1.49. The summed E-state index contributed by atoms with van der Waals surface area (Å²) in [5.74, 6) is 0. The molecule has 0 aromatic heterocycles. The van der Waals surface area contributed by atoms with E-state index in [4.69, 9.17) is 0 Å². The molecular formula is C48H36N2. The number of benzene rings is 8. The van der Waals surface area contributed by atoms with Crippen LogP contribution in [0.4, 0.5) is 22.7 Å². The lowest BCUT2D eigenvalue weighted by atomic mass is 9.95. The van der Waals surface area contributed by atoms with E-state index < -0.39 is 0 Å². The minimum atomic E-state index is 0.993. The second kappa shape index (κ2) is 14.2. The van der Waals surface area contributed by atoms with E-state index in [9.17, 15) is 0 Å². The largest absolute Gasteiger partial charge is 0.354 e. The fourth-order valence-corrected chi connectivity index (χ4v) is 6.66. The van der Waals surface area contributed by atoms with Crippen molar-refractivity contribution < 1.29 is 0 Å². The van der Waals surface area contributed by atoms with Crippen molar-refractivity contribution in [3.63, 3.8) is 0 Å². The molecule has 0 unspecified atom stereocenters. The normalized spacial score (nSPS) is 10.8. The second-order valence-corrected chi connectivity index (χ2v) is 12.3. The summed E-state index contributed by atoms with van der Waals surface area (Å²) in [4.78, 5) is 0. The van der Waals surface area contributed by atoms with Crippen LogP contribution >= 0.6 is 0 Å². The van der Waals surface area contributed by atoms with Crippen LogP contribution in [0.3, 0.4) is 0 Å². The first-order valence-electron chi connectivity index (χ1n) is 17.0. The molecule has 0 radical (unpaired) electrons. The summed E-state index contributed by atoms with van der Waals surface area (Å²) in [6, 6.07) is 72.9. The molecule has 8 aromatic rings. The summed E-state index contributed by atoms with van der Waals surface area (Å²) in [5, 5.41) is 7.85. The zero-order valence-electron chi connectivity index (χ0n) is 27.6. The van der Waals surface area contributed by atoms with Gasteiger partial charge in [0.15, 0.2) is 0 Å². The number of para-hydroxylation sites is 2. The third-order valence-corrected chi connectivity index (χ3v) is 9.05. The molecule has 8 rings (SSSR count). The van der Waals surface area contributed by atoms with Crippen molar-refractivity contribution in [3.8, 4) is 55.6 Å². The lowest BCUT2D eigenvalue weighted by Crippen LogP contribution is -2.00. The van der Waals surface area contributed by atoms with Crippen molar-refractivity contribution in [3.05, 3.63) is 206 Å². The molecule has 2 nitrogen and oxygen atoms in total. The standard InChI is InChI=1S/C48H36N2/c1-6-18-35(19-7-1)40-32-41(49-47-43(36-20-8-2-9-21-36)28-16-29-44(47)37-22-10-3-11-23-37)34-42(33-40)50-48-45(38-24-12-4-13-25-38)30-17-31-46(48)39-26-14-5-15-27-39/h1-34,49-50H. The monoisotopic (exact) mass is 640 g/mol. The van der Waals surface area contributed by atoms with Gasteiger partial charge in [0, 0.05) is 33.6 Å². The Morgan fingerprint density at radius 3 is 0.800 bits per heavy atom. The van der Waals surface area contributed by atoms with Gasteiger partial charge in [0.25, 0.3) is 0 Å². The molecule has 0 aliphatic heterocycles. The first-order valence-corrected chi connectivity index (χ1v) is 17.0. The summed E-state index contributed by atoms with van der Waals surface area (Å²) in [7, 11) is 0. The quantitative estimate of drug-likeness (QED) is 0.164. The SMILES string of the molecule is c1ccc(-c2cc(Nc3c(-c4ccccc4)cccc3-c3ccccc3)cc(Nc3c(-c4ccccc4)cccc3-c3ccccc3)c2)cc1. The fourth-order valence-electron chi connectivity index (χ4n) is 6.66. The van der Waals surface area contributed by atoms with Gasteiger partial charge in [0.05, 0.1) is 11.4 Å². The molecule has 0 fully saturated rings. The number of anilines is 4. The molecule has 0 saturated heterocycles. The van der Waals surface area contributed by atoms with E-state index in [0.29, 0.717) is 0 Å². The summed E-state index contributed by atoms with van der Waals surface area (Å²) < 4.78 is 0. The Morgan fingerprint density at radius 1 is 0.220 bits per heavy atom. The zero-order chi connectivity index (χ0) is 33.5. The van der Waals surface area contributed by atoms with Gasteiger partial charge in [-0.25, -0.2) is 0 Å². The van der Waals surface area contributed by atoms with E-state index in [-0.39, 0.29) is 0 Å². The van der Waals surface area contributed by atoms with Gasteiger partial charge in [-0.05, 0) is 51.6 Å². The Labute approximate surface area is 294 Å². The van der Waals surface area contributed by atoms with Crippen LogP contribution in [-0.2, 0) is 0 Å². The van der Waals surface area contributed by atoms with E-state index >= 15 is 0 Å². The maximum atomic E-state index is 3.93. The number of rotatable bonds is 9. The van der Waals surface area contributed by atoms with Crippen LogP contribution in [-0.4, -0.2) is 0 Å². The van der Waals surface area contributed by atoms with Crippen LogP contribution in [0.1, 0.15) is 0 Å². The molecule has 2 N–H and O–H groups in total. The maximum absolute atomic E-state index is 3.93. The number of hydrogen-bond acceptors (Lipinski definition) is 2. The highest BCUT2D eigenvalue weighted by atomic mass is 14.9. The molecule has 0 heterocycles. The highest BCUT2D eigenvalue weighted by Crippen LogP contribution is 2.42. The van der Waals surface area contributed by atoms with Crippen LogP contribution < -0.4 is 10.6 Å². The van der Waals surface area contributed by atoms with Crippen LogP contribution in [0.2, 0.25) is 0 Å². The molecule has 0 aliphatic rings. The average molecular weight is 641 g/mol. The Morgan fingerprint density at radius 2 is 0.500 bits per heavy atom. The summed E-state index contributed by atoms with van der Waals surface area (Å²) >= 11 is 0. The first kappa shape index (κ1) is 30.7. The van der Waals surface area contributed by atoms with Gasteiger partial charge in [-0.1, -0.05) is 188 Å². The Kier molecular flexibility index (Phi) is 8.73. The minimum absolute atomic E-state index is 0.993. The Bertz CT molecular complexity index is 2070. The molecule has 0 aliphatic carbocycles. The molecule has 238 valence electrons. The molecule has 8 aromatic carbocycles. The predicted molar refractivity (Wildman–Crippen MR) is 213 cm³/mol. The maximum Gasteiger partial charge on any atom is 0.0543 e. The molecular weight excluding hydrogens is 605 g/mol. The smallest absolute Gasteiger partial charge is 0.0543 e. The van der Waals surface area contributed by atoms with Gasteiger partial charge >= 0.3 is 0 Å². The van der Waals surface area contributed by atoms with Crippen LogP contribution in [0, 0.1) is 0 Å². The Hall–Kier alpha value is -6.64. The molecule has 2 heteroatoms. The van der Waals surface area contributed by atoms with Gasteiger partial charge in [0.2, 0.25) is 0 Å². The van der Waals surface area contributed by atoms with Crippen LogP contribution in [0.25, 0.3) is 55.6 Å². The second-order valence-electron chi connectivity index (χ2n) is 12.3. The van der Waals surface area contributed by atoms with Crippen molar-refractivity contribution >= 4 is 22.7 Å². The van der Waals surface area contributed by atoms with E-state index in [1.165, 1.54) is 0 Å². The summed E-state index contributed by atoms with van der Waals surface area (Å²) in [5.41, 5.74) is 15.6. The Balaban J connectivity index is 1.30. The van der Waals surface area contributed by atoms with Gasteiger partial charge in [0.1, 0.15) is 0 Å². The van der Waals surface area contributed by atoms with Gasteiger partial charge in [-0.2, -0.15) is 0 Å². The minimum Gasteiger partial charge on any atom is -0.354 e. The fraction of sp³-hybridized carbons (Fsp3) is 0. The molecule has 0 atom stereocenters. The third kappa shape index (κ3) is 6.56. The van der Waals surface area contributed by atoms with E-state index in [1.807, 2.05) is 0 Å². The van der Waals surface area contributed by atoms with E-state index in [1.54, 1.807) is 0 Å². The first-order chi connectivity index (χ1) is 24.8. The predicted octanol–water partition coefficient (Wildman–Crippen LogP) is 13.5. The van der Waals surface area contributed by atoms with E-state index in [2.05, 4.69) is 217 Å². The molecule has 0 spiro atoms. The highest BCUT2D eigenvalue weighted by Gasteiger charge is 2.16. The van der Waals surface area contributed by atoms with Crippen molar-refractivity contribution in [2.75, 3.05) is 10.6 Å². The van der Waals surface area contributed by atoms with Crippen LogP contribution in [0.5, 0.6) is 0 Å². The van der Waals surface area contributed by atoms with Gasteiger partial charge in [-0.3, -0.25) is 0 Å². The van der Waals surface area contributed by atoms with Gasteiger partial charge in [-0.15, -0.1) is 0 Å². The number of nitrogens with one attached hydrogen (secondary N) is 2. The highest BCUT2D eigenvalue weighted by molar-refractivity contribution is 5.96. The van der Waals surface area contributed by atoms with Crippen molar-refractivity contribution in [1.82, 2.24) is 0 Å².